The van der Waals surface area contributed by atoms with Gasteiger partial charge in [-0.15, -0.1) is 11.3 Å². The fourth-order valence-electron chi connectivity index (χ4n) is 2.31. The van der Waals surface area contributed by atoms with Crippen molar-refractivity contribution in [3.8, 4) is 0 Å². The standard InChI is InChI=1S/C16H17N3O2S2/c20-14(6-7-18-8-11-23-16(18)21)17-15-19(9-10-22-15)12-13-4-2-1-3-5-13/h1-5,9-10H,6-8,11-12H2. The number of thioether (sulfide) groups is 1. The fraction of sp³-hybridized carbons (Fsp3) is 0.312. The van der Waals surface area contributed by atoms with E-state index in [2.05, 4.69) is 4.99 Å². The molecule has 0 atom stereocenters. The first-order valence-electron chi connectivity index (χ1n) is 7.39. The number of carbonyl (C=O) groups excluding carboxylic acids is 2. The van der Waals surface area contributed by atoms with Crippen LogP contribution in [-0.4, -0.2) is 39.5 Å². The molecule has 7 heteroatoms. The van der Waals surface area contributed by atoms with Gasteiger partial charge in [0.1, 0.15) is 0 Å². The Morgan fingerprint density at radius 1 is 1.26 bits per heavy atom. The number of aromatic nitrogens is 1. The largest absolute Gasteiger partial charge is 0.332 e. The van der Waals surface area contributed by atoms with E-state index in [1.807, 2.05) is 46.5 Å². The molecule has 0 bridgehead atoms. The number of thiazole rings is 1. The highest BCUT2D eigenvalue weighted by atomic mass is 32.2. The molecule has 23 heavy (non-hydrogen) atoms. The zero-order valence-corrected chi connectivity index (χ0v) is 14.2. The minimum absolute atomic E-state index is 0.0630. The van der Waals surface area contributed by atoms with E-state index in [-0.39, 0.29) is 17.6 Å². The number of hydrogen-bond acceptors (Lipinski definition) is 4. The van der Waals surface area contributed by atoms with Gasteiger partial charge in [-0.3, -0.25) is 9.59 Å². The summed E-state index contributed by atoms with van der Waals surface area (Å²) < 4.78 is 1.97. The Morgan fingerprint density at radius 3 is 2.83 bits per heavy atom. The highest BCUT2D eigenvalue weighted by Gasteiger charge is 2.21. The molecule has 0 N–H and O–H groups in total. The lowest BCUT2D eigenvalue weighted by atomic mass is 10.2. The number of rotatable bonds is 5. The molecule has 2 amide bonds. The van der Waals surface area contributed by atoms with Crippen LogP contribution in [0.2, 0.25) is 0 Å². The molecule has 1 fully saturated rings. The quantitative estimate of drug-likeness (QED) is 0.835. The summed E-state index contributed by atoms with van der Waals surface area (Å²) in [4.78, 5) is 30.2. The van der Waals surface area contributed by atoms with Crippen LogP contribution in [0.5, 0.6) is 0 Å². The first-order valence-corrected chi connectivity index (χ1v) is 9.26. The number of amides is 2. The third kappa shape index (κ3) is 4.33. The maximum Gasteiger partial charge on any atom is 0.281 e. The predicted molar refractivity (Wildman–Crippen MR) is 92.5 cm³/mol. The highest BCUT2D eigenvalue weighted by molar-refractivity contribution is 8.13. The first kappa shape index (κ1) is 16.0. The predicted octanol–water partition coefficient (Wildman–Crippen LogP) is 2.58. The SMILES string of the molecule is O=C(CCN1CCSC1=O)N=c1sccn1Cc1ccccc1. The average molecular weight is 347 g/mol. The van der Waals surface area contributed by atoms with Gasteiger partial charge in [0.05, 0.1) is 0 Å². The second kappa shape index (κ2) is 7.61. The van der Waals surface area contributed by atoms with Crippen molar-refractivity contribution >= 4 is 34.2 Å². The molecule has 1 aliphatic heterocycles. The van der Waals surface area contributed by atoms with E-state index < -0.39 is 0 Å². The van der Waals surface area contributed by atoms with Crippen molar-refractivity contribution in [1.29, 1.82) is 0 Å². The monoisotopic (exact) mass is 347 g/mol. The Labute approximate surface area is 142 Å². The van der Waals surface area contributed by atoms with Gasteiger partial charge in [-0.05, 0) is 5.56 Å². The van der Waals surface area contributed by atoms with Crippen molar-refractivity contribution in [3.63, 3.8) is 0 Å². The van der Waals surface area contributed by atoms with Crippen LogP contribution >= 0.6 is 23.1 Å². The normalized spacial score (nSPS) is 15.4. The molecule has 1 saturated heterocycles. The van der Waals surface area contributed by atoms with Crippen LogP contribution in [-0.2, 0) is 11.3 Å². The third-order valence-corrected chi connectivity index (χ3v) is 5.20. The molecule has 2 heterocycles. The van der Waals surface area contributed by atoms with E-state index >= 15 is 0 Å². The molecule has 0 saturated carbocycles. The zero-order valence-electron chi connectivity index (χ0n) is 12.6. The third-order valence-electron chi connectivity index (χ3n) is 3.52. The van der Waals surface area contributed by atoms with Crippen molar-refractivity contribution in [2.75, 3.05) is 18.8 Å². The Morgan fingerprint density at radius 2 is 2.09 bits per heavy atom. The lowest BCUT2D eigenvalue weighted by Crippen LogP contribution is -2.26. The topological polar surface area (TPSA) is 54.7 Å². The molecule has 0 spiro atoms. The Balaban J connectivity index is 1.64. The van der Waals surface area contributed by atoms with Gasteiger partial charge in [0, 0.05) is 43.4 Å². The maximum absolute atomic E-state index is 12.1. The number of hydrogen-bond donors (Lipinski definition) is 0. The highest BCUT2D eigenvalue weighted by Crippen LogP contribution is 2.17. The molecule has 120 valence electrons. The van der Waals surface area contributed by atoms with Crippen molar-refractivity contribution in [2.45, 2.75) is 13.0 Å². The lowest BCUT2D eigenvalue weighted by molar-refractivity contribution is -0.118. The minimum atomic E-state index is -0.182. The van der Waals surface area contributed by atoms with Crippen LogP contribution < -0.4 is 4.80 Å². The summed E-state index contributed by atoms with van der Waals surface area (Å²) in [5, 5.41) is 1.99. The van der Waals surface area contributed by atoms with Gasteiger partial charge < -0.3 is 9.47 Å². The second-order valence-corrected chi connectivity index (χ2v) is 7.08. The van der Waals surface area contributed by atoms with E-state index in [1.165, 1.54) is 28.7 Å². The van der Waals surface area contributed by atoms with E-state index in [1.54, 1.807) is 4.90 Å². The number of nitrogens with zero attached hydrogens (tertiary/aromatic N) is 3. The van der Waals surface area contributed by atoms with Crippen LogP contribution in [0, 0.1) is 0 Å². The van der Waals surface area contributed by atoms with Crippen LogP contribution in [0.1, 0.15) is 12.0 Å². The average Bonchev–Trinajstić information content (AvgIpc) is 3.16. The van der Waals surface area contributed by atoms with E-state index in [9.17, 15) is 9.59 Å². The van der Waals surface area contributed by atoms with Gasteiger partial charge in [0.2, 0.25) is 5.91 Å². The molecule has 3 rings (SSSR count). The molecular weight excluding hydrogens is 330 g/mol. The summed E-state index contributed by atoms with van der Waals surface area (Å²) in [5.41, 5.74) is 1.17. The first-order chi connectivity index (χ1) is 11.2. The molecule has 5 nitrogen and oxygen atoms in total. The second-order valence-electron chi connectivity index (χ2n) is 5.16. The van der Waals surface area contributed by atoms with Crippen molar-refractivity contribution < 1.29 is 9.59 Å². The summed E-state index contributed by atoms with van der Waals surface area (Å²) in [6.07, 6.45) is 2.21. The van der Waals surface area contributed by atoms with Crippen LogP contribution in [0.4, 0.5) is 4.79 Å². The zero-order chi connectivity index (χ0) is 16.1. The van der Waals surface area contributed by atoms with Crippen LogP contribution in [0.3, 0.4) is 0 Å². The van der Waals surface area contributed by atoms with Gasteiger partial charge in [0.15, 0.2) is 4.80 Å². The molecule has 0 unspecified atom stereocenters. The Hall–Kier alpha value is -1.86. The molecule has 0 radical (unpaired) electrons. The number of benzene rings is 1. The number of carbonyl (C=O) groups is 2. The molecule has 1 aliphatic rings. The van der Waals surface area contributed by atoms with Gasteiger partial charge in [-0.1, -0.05) is 42.1 Å². The minimum Gasteiger partial charge on any atom is -0.332 e. The van der Waals surface area contributed by atoms with Crippen LogP contribution in [0.25, 0.3) is 0 Å². The van der Waals surface area contributed by atoms with Crippen molar-refractivity contribution in [3.05, 3.63) is 52.3 Å². The molecule has 1 aromatic heterocycles. The van der Waals surface area contributed by atoms with Crippen molar-refractivity contribution in [2.24, 2.45) is 4.99 Å². The van der Waals surface area contributed by atoms with E-state index in [0.717, 1.165) is 12.3 Å². The molecule has 1 aromatic carbocycles. The Bertz CT molecular complexity index is 752. The van der Waals surface area contributed by atoms with E-state index in [4.69, 9.17) is 0 Å². The van der Waals surface area contributed by atoms with Gasteiger partial charge in [-0.25, -0.2) is 0 Å². The lowest BCUT2D eigenvalue weighted by Gasteiger charge is -2.12. The van der Waals surface area contributed by atoms with Gasteiger partial charge in [0.25, 0.3) is 5.24 Å². The summed E-state index contributed by atoms with van der Waals surface area (Å²) in [6.45, 7) is 1.87. The molecular formula is C16H17N3O2S2. The smallest absolute Gasteiger partial charge is 0.281 e. The summed E-state index contributed by atoms with van der Waals surface area (Å²) in [7, 11) is 0. The van der Waals surface area contributed by atoms with E-state index in [0.29, 0.717) is 17.9 Å². The summed E-state index contributed by atoms with van der Waals surface area (Å²) in [5.74, 6) is 0.630. The summed E-state index contributed by atoms with van der Waals surface area (Å²) in [6, 6.07) is 10.1. The fourth-order valence-corrected chi connectivity index (χ4v) is 3.91. The maximum atomic E-state index is 12.1. The van der Waals surface area contributed by atoms with Crippen molar-refractivity contribution in [1.82, 2.24) is 9.47 Å². The molecule has 2 aromatic rings. The van der Waals surface area contributed by atoms with Gasteiger partial charge >= 0.3 is 0 Å². The molecule has 0 aliphatic carbocycles. The van der Waals surface area contributed by atoms with Gasteiger partial charge in [-0.2, -0.15) is 4.99 Å². The Kier molecular flexibility index (Phi) is 5.30. The van der Waals surface area contributed by atoms with Crippen LogP contribution in [0.15, 0.2) is 46.9 Å². The summed E-state index contributed by atoms with van der Waals surface area (Å²) >= 11 is 2.76.